The van der Waals surface area contributed by atoms with Crippen molar-refractivity contribution in [2.75, 3.05) is 7.05 Å². The molecular weight excluding hydrogens is 240 g/mol. The summed E-state index contributed by atoms with van der Waals surface area (Å²) < 4.78 is 0. The van der Waals surface area contributed by atoms with E-state index in [1.165, 1.54) is 0 Å². The molecule has 1 fully saturated rings. The minimum atomic E-state index is -0.652. The smallest absolute Gasteiger partial charge is 0.244 e. The van der Waals surface area contributed by atoms with E-state index in [1.54, 1.807) is 11.9 Å². The van der Waals surface area contributed by atoms with Crippen LogP contribution in [-0.4, -0.2) is 35.1 Å². The molecule has 19 heavy (non-hydrogen) atoms. The van der Waals surface area contributed by atoms with Crippen LogP contribution in [0, 0.1) is 0 Å². The van der Waals surface area contributed by atoms with Crippen LogP contribution in [0.25, 0.3) is 0 Å². The van der Waals surface area contributed by atoms with Gasteiger partial charge in [-0.15, -0.1) is 0 Å². The lowest BCUT2D eigenvalue weighted by Crippen LogP contribution is -2.49. The second-order valence-corrected chi connectivity index (χ2v) is 5.26. The first-order chi connectivity index (χ1) is 9.11. The van der Waals surface area contributed by atoms with E-state index in [2.05, 4.69) is 0 Å². The van der Waals surface area contributed by atoms with Gasteiger partial charge in [0.2, 0.25) is 5.91 Å². The number of carbonyl (C=O) groups is 1. The number of rotatable bonds is 3. The molecule has 4 nitrogen and oxygen atoms in total. The summed E-state index contributed by atoms with van der Waals surface area (Å²) in [6.45, 7) is 0. The number of likely N-dealkylation sites (N-methyl/N-ethyl adjacent to an activating group) is 1. The highest BCUT2D eigenvalue weighted by Gasteiger charge is 2.31. The molecule has 1 aliphatic rings. The fourth-order valence-corrected chi connectivity index (χ4v) is 2.73. The topological polar surface area (TPSA) is 66.6 Å². The molecule has 3 atom stereocenters. The van der Waals surface area contributed by atoms with Gasteiger partial charge in [0.1, 0.15) is 6.04 Å². The summed E-state index contributed by atoms with van der Waals surface area (Å²) in [7, 11) is 1.74. The first kappa shape index (κ1) is 14.0. The van der Waals surface area contributed by atoms with Crippen LogP contribution in [0.15, 0.2) is 30.3 Å². The van der Waals surface area contributed by atoms with Crippen LogP contribution in [0.2, 0.25) is 0 Å². The quantitative estimate of drug-likeness (QED) is 0.866. The van der Waals surface area contributed by atoms with Crippen molar-refractivity contribution in [1.29, 1.82) is 0 Å². The standard InChI is InChI=1S/C15H22N2O2/c1-17(12-9-5-6-10-13(12)18)15(19)14(16)11-7-3-2-4-8-11/h2-4,7-8,12-14,18H,5-6,9-10,16H2,1H3/t12?,13?,14-/m1/s1. The van der Waals surface area contributed by atoms with Crippen LogP contribution in [-0.2, 0) is 4.79 Å². The van der Waals surface area contributed by atoms with Crippen molar-refractivity contribution in [1.82, 2.24) is 4.90 Å². The fraction of sp³-hybridized carbons (Fsp3) is 0.533. The number of nitrogens with zero attached hydrogens (tertiary/aromatic N) is 1. The molecule has 2 unspecified atom stereocenters. The third kappa shape index (κ3) is 3.14. The van der Waals surface area contributed by atoms with Crippen molar-refractivity contribution in [3.05, 3.63) is 35.9 Å². The Morgan fingerprint density at radius 1 is 1.32 bits per heavy atom. The summed E-state index contributed by atoms with van der Waals surface area (Å²) >= 11 is 0. The highest BCUT2D eigenvalue weighted by Crippen LogP contribution is 2.24. The normalized spacial score (nSPS) is 24.8. The highest BCUT2D eigenvalue weighted by atomic mass is 16.3. The van der Waals surface area contributed by atoms with E-state index in [-0.39, 0.29) is 11.9 Å². The fourth-order valence-electron chi connectivity index (χ4n) is 2.73. The average Bonchev–Trinajstić information content (AvgIpc) is 2.46. The first-order valence-corrected chi connectivity index (χ1v) is 6.86. The first-order valence-electron chi connectivity index (χ1n) is 6.86. The number of hydrogen-bond acceptors (Lipinski definition) is 3. The van der Waals surface area contributed by atoms with Crippen molar-refractivity contribution >= 4 is 5.91 Å². The Morgan fingerprint density at radius 2 is 1.95 bits per heavy atom. The third-order valence-electron chi connectivity index (χ3n) is 3.96. The Labute approximate surface area is 114 Å². The Morgan fingerprint density at radius 3 is 2.58 bits per heavy atom. The minimum absolute atomic E-state index is 0.101. The van der Waals surface area contributed by atoms with Crippen molar-refractivity contribution in [2.45, 2.75) is 43.9 Å². The Balaban J connectivity index is 2.06. The average molecular weight is 262 g/mol. The summed E-state index contributed by atoms with van der Waals surface area (Å²) in [6, 6.07) is 8.60. The molecule has 0 heterocycles. The van der Waals surface area contributed by atoms with E-state index in [1.807, 2.05) is 30.3 Å². The van der Waals surface area contributed by atoms with E-state index >= 15 is 0 Å². The van der Waals surface area contributed by atoms with E-state index in [9.17, 15) is 9.90 Å². The number of benzene rings is 1. The van der Waals surface area contributed by atoms with Gasteiger partial charge in [0.15, 0.2) is 0 Å². The SMILES string of the molecule is CN(C(=O)[C@H](N)c1ccccc1)C1CCCCC1O. The molecule has 1 aromatic carbocycles. The maximum absolute atomic E-state index is 12.4. The summed E-state index contributed by atoms with van der Waals surface area (Å²) in [5.41, 5.74) is 6.83. The molecule has 104 valence electrons. The molecule has 0 radical (unpaired) electrons. The molecule has 0 spiro atoms. The summed E-state index contributed by atoms with van der Waals surface area (Å²) in [5, 5.41) is 10.0. The molecule has 0 aliphatic heterocycles. The predicted octanol–water partition coefficient (Wildman–Crippen LogP) is 1.45. The lowest BCUT2D eigenvalue weighted by Gasteiger charge is -2.36. The van der Waals surface area contributed by atoms with Gasteiger partial charge in [0.25, 0.3) is 0 Å². The number of nitrogens with two attached hydrogens (primary N) is 1. The van der Waals surface area contributed by atoms with Crippen LogP contribution in [0.4, 0.5) is 0 Å². The van der Waals surface area contributed by atoms with Gasteiger partial charge in [-0.25, -0.2) is 0 Å². The van der Waals surface area contributed by atoms with Gasteiger partial charge in [-0.2, -0.15) is 0 Å². The van der Waals surface area contributed by atoms with E-state index in [4.69, 9.17) is 5.73 Å². The van der Waals surface area contributed by atoms with Crippen LogP contribution >= 0.6 is 0 Å². The van der Waals surface area contributed by atoms with Crippen LogP contribution in [0.5, 0.6) is 0 Å². The van der Waals surface area contributed by atoms with E-state index < -0.39 is 12.1 Å². The Hall–Kier alpha value is -1.39. The molecule has 1 amide bonds. The molecular formula is C15H22N2O2. The number of aliphatic hydroxyl groups excluding tert-OH is 1. The number of amides is 1. The maximum atomic E-state index is 12.4. The molecule has 0 bridgehead atoms. The molecule has 0 aromatic heterocycles. The molecule has 0 saturated heterocycles. The molecule has 4 heteroatoms. The van der Waals surface area contributed by atoms with Gasteiger partial charge < -0.3 is 15.7 Å². The monoisotopic (exact) mass is 262 g/mol. The molecule has 1 saturated carbocycles. The predicted molar refractivity (Wildman–Crippen MR) is 74.4 cm³/mol. The number of aliphatic hydroxyl groups is 1. The van der Waals surface area contributed by atoms with Gasteiger partial charge in [-0.3, -0.25) is 4.79 Å². The van der Waals surface area contributed by atoms with Crippen molar-refractivity contribution in [3.8, 4) is 0 Å². The zero-order chi connectivity index (χ0) is 13.8. The lowest BCUT2D eigenvalue weighted by atomic mass is 9.91. The van der Waals surface area contributed by atoms with Crippen molar-refractivity contribution < 1.29 is 9.90 Å². The number of carbonyl (C=O) groups excluding carboxylic acids is 1. The van der Waals surface area contributed by atoms with Crippen molar-refractivity contribution in [2.24, 2.45) is 5.73 Å². The Kier molecular flexibility index (Phi) is 4.56. The molecule has 1 aromatic rings. The van der Waals surface area contributed by atoms with Gasteiger partial charge in [0.05, 0.1) is 12.1 Å². The second kappa shape index (κ2) is 6.17. The van der Waals surface area contributed by atoms with Gasteiger partial charge in [-0.05, 0) is 18.4 Å². The van der Waals surface area contributed by atoms with Crippen LogP contribution in [0.1, 0.15) is 37.3 Å². The maximum Gasteiger partial charge on any atom is 0.244 e. The van der Waals surface area contributed by atoms with Crippen molar-refractivity contribution in [3.63, 3.8) is 0 Å². The van der Waals surface area contributed by atoms with Gasteiger partial charge in [-0.1, -0.05) is 43.2 Å². The van der Waals surface area contributed by atoms with Crippen LogP contribution < -0.4 is 5.73 Å². The molecule has 1 aliphatic carbocycles. The number of hydrogen-bond donors (Lipinski definition) is 2. The van der Waals surface area contributed by atoms with E-state index in [0.717, 1.165) is 31.2 Å². The lowest BCUT2D eigenvalue weighted by molar-refractivity contribution is -0.136. The zero-order valence-electron chi connectivity index (χ0n) is 11.3. The molecule has 2 rings (SSSR count). The largest absolute Gasteiger partial charge is 0.391 e. The Bertz CT molecular complexity index is 421. The third-order valence-corrected chi connectivity index (χ3v) is 3.96. The second-order valence-electron chi connectivity index (χ2n) is 5.26. The summed E-state index contributed by atoms with van der Waals surface area (Å²) in [5.74, 6) is -0.128. The minimum Gasteiger partial charge on any atom is -0.391 e. The van der Waals surface area contributed by atoms with Gasteiger partial charge >= 0.3 is 0 Å². The summed E-state index contributed by atoms with van der Waals surface area (Å²) in [4.78, 5) is 14.0. The van der Waals surface area contributed by atoms with Gasteiger partial charge in [0, 0.05) is 7.05 Å². The van der Waals surface area contributed by atoms with Crippen LogP contribution in [0.3, 0.4) is 0 Å². The molecule has 3 N–H and O–H groups in total. The van der Waals surface area contributed by atoms with E-state index in [0.29, 0.717) is 0 Å². The summed E-state index contributed by atoms with van der Waals surface area (Å²) in [6.07, 6.45) is 3.28. The zero-order valence-corrected chi connectivity index (χ0v) is 11.3. The highest BCUT2D eigenvalue weighted by molar-refractivity contribution is 5.83.